The van der Waals surface area contributed by atoms with Crippen molar-refractivity contribution in [2.24, 2.45) is 0 Å². The molecule has 0 saturated heterocycles. The molecule has 1 atom stereocenters. The molecule has 0 spiro atoms. The van der Waals surface area contributed by atoms with E-state index in [2.05, 4.69) is 9.97 Å². The van der Waals surface area contributed by atoms with Crippen LogP contribution < -0.4 is 0 Å². The molecule has 3 nitrogen and oxygen atoms in total. The lowest BCUT2D eigenvalue weighted by molar-refractivity contribution is -0.259. The predicted octanol–water partition coefficient (Wildman–Crippen LogP) is 1.90. The van der Waals surface area contributed by atoms with Gasteiger partial charge in [-0.1, -0.05) is 0 Å². The Morgan fingerprint density at radius 3 is 2.07 bits per heavy atom. The number of nitrogens with zero attached hydrogens (tertiary/aromatic N) is 2. The summed E-state index contributed by atoms with van der Waals surface area (Å²) in [6, 6.07) is 0. The first-order valence-corrected chi connectivity index (χ1v) is 3.90. The highest BCUT2D eigenvalue weighted by molar-refractivity contribution is 6.28. The molecule has 1 aromatic rings. The molecule has 0 unspecified atom stereocenters. The van der Waals surface area contributed by atoms with Crippen LogP contribution in [-0.4, -0.2) is 21.3 Å². The molecule has 0 aromatic carbocycles. The summed E-state index contributed by atoms with van der Waals surface area (Å²) in [5, 5.41) is 8.99. The van der Waals surface area contributed by atoms with Crippen molar-refractivity contribution in [3.63, 3.8) is 0 Å². The van der Waals surface area contributed by atoms with E-state index in [1.165, 1.54) is 0 Å². The third kappa shape index (κ3) is 1.96. The highest BCUT2D eigenvalue weighted by Gasteiger charge is 2.51. The summed E-state index contributed by atoms with van der Waals surface area (Å²) in [6.07, 6.45) is -3.10. The minimum atomic E-state index is -4.77. The Balaban J connectivity index is 3.10. The van der Waals surface area contributed by atoms with E-state index in [1.807, 2.05) is 0 Å². The Bertz CT molecular complexity index is 323. The molecule has 0 bridgehead atoms. The maximum absolute atomic E-state index is 12.3. The summed E-state index contributed by atoms with van der Waals surface area (Å²) in [7, 11) is 0. The van der Waals surface area contributed by atoms with Crippen LogP contribution in [0.1, 0.15) is 12.5 Å². The van der Waals surface area contributed by atoms with Gasteiger partial charge in [-0.25, -0.2) is 9.97 Å². The molecule has 0 aliphatic rings. The van der Waals surface area contributed by atoms with Crippen LogP contribution in [0, 0.1) is 0 Å². The van der Waals surface area contributed by atoms with Crippen LogP contribution >= 0.6 is 11.6 Å². The van der Waals surface area contributed by atoms with Crippen LogP contribution in [0.4, 0.5) is 13.2 Å². The smallest absolute Gasteiger partial charge is 0.376 e. The van der Waals surface area contributed by atoms with Gasteiger partial charge in [0.05, 0.1) is 0 Å². The monoisotopic (exact) mass is 226 g/mol. The Labute approximate surface area is 82.6 Å². The van der Waals surface area contributed by atoms with Gasteiger partial charge in [-0.2, -0.15) is 13.2 Å². The molecule has 0 fully saturated rings. The highest BCUT2D eigenvalue weighted by atomic mass is 35.5. The number of rotatable bonds is 1. The van der Waals surface area contributed by atoms with Crippen molar-refractivity contribution in [1.82, 2.24) is 9.97 Å². The molecule has 0 aliphatic carbocycles. The summed E-state index contributed by atoms with van der Waals surface area (Å²) in [4.78, 5) is 6.71. The fourth-order valence-electron chi connectivity index (χ4n) is 0.727. The van der Waals surface area contributed by atoms with Crippen LogP contribution in [0.3, 0.4) is 0 Å². The van der Waals surface area contributed by atoms with Crippen molar-refractivity contribution < 1.29 is 18.3 Å². The lowest BCUT2D eigenvalue weighted by Crippen LogP contribution is -2.39. The SMILES string of the molecule is C[C@@](O)(c1cnc(Cl)nc1)C(F)(F)F. The molecular weight excluding hydrogens is 221 g/mol. The topological polar surface area (TPSA) is 46.0 Å². The van der Waals surface area contributed by atoms with Gasteiger partial charge in [-0.05, 0) is 18.5 Å². The molecule has 14 heavy (non-hydrogen) atoms. The quantitative estimate of drug-likeness (QED) is 0.744. The van der Waals surface area contributed by atoms with Crippen LogP contribution in [-0.2, 0) is 5.60 Å². The summed E-state index contributed by atoms with van der Waals surface area (Å²) in [5.41, 5.74) is -3.41. The second kappa shape index (κ2) is 3.36. The zero-order valence-corrected chi connectivity index (χ0v) is 7.76. The average Bonchev–Trinajstić information content (AvgIpc) is 2.03. The van der Waals surface area contributed by atoms with E-state index >= 15 is 0 Å². The maximum atomic E-state index is 12.3. The summed E-state index contributed by atoms with van der Waals surface area (Å²) in [6.45, 7) is 0.625. The number of aromatic nitrogens is 2. The van der Waals surface area contributed by atoms with Crippen molar-refractivity contribution in [3.8, 4) is 0 Å². The van der Waals surface area contributed by atoms with Gasteiger partial charge in [-0.15, -0.1) is 0 Å². The first kappa shape index (κ1) is 11.2. The van der Waals surface area contributed by atoms with E-state index in [1.54, 1.807) is 0 Å². The number of hydrogen-bond acceptors (Lipinski definition) is 3. The number of alkyl halides is 3. The molecule has 0 aliphatic heterocycles. The molecule has 0 radical (unpaired) electrons. The standard InChI is InChI=1S/C7H6ClF3N2O/c1-6(14,7(9,10)11)4-2-12-5(8)13-3-4/h2-3,14H,1H3/t6-/m1/s1. The Morgan fingerprint density at radius 2 is 1.71 bits per heavy atom. The van der Waals surface area contributed by atoms with E-state index in [0.29, 0.717) is 6.92 Å². The average molecular weight is 227 g/mol. The fraction of sp³-hybridized carbons (Fsp3) is 0.429. The van der Waals surface area contributed by atoms with E-state index < -0.39 is 17.3 Å². The van der Waals surface area contributed by atoms with E-state index in [-0.39, 0.29) is 5.28 Å². The molecule has 1 heterocycles. The van der Waals surface area contributed by atoms with Gasteiger partial charge in [0.2, 0.25) is 5.28 Å². The van der Waals surface area contributed by atoms with Gasteiger partial charge < -0.3 is 5.11 Å². The van der Waals surface area contributed by atoms with Crippen LogP contribution in [0.5, 0.6) is 0 Å². The van der Waals surface area contributed by atoms with Crippen molar-refractivity contribution >= 4 is 11.6 Å². The zero-order valence-electron chi connectivity index (χ0n) is 7.01. The molecule has 1 N–H and O–H groups in total. The van der Waals surface area contributed by atoms with Crippen molar-refractivity contribution in [3.05, 3.63) is 23.2 Å². The number of hydrogen-bond donors (Lipinski definition) is 1. The Hall–Kier alpha value is -0.880. The third-order valence-corrected chi connectivity index (χ3v) is 1.93. The summed E-state index contributed by atoms with van der Waals surface area (Å²) < 4.78 is 36.8. The third-order valence-electron chi connectivity index (χ3n) is 1.73. The van der Waals surface area contributed by atoms with E-state index in [0.717, 1.165) is 12.4 Å². The van der Waals surface area contributed by atoms with Crippen molar-refractivity contribution in [2.75, 3.05) is 0 Å². The lowest BCUT2D eigenvalue weighted by Gasteiger charge is -2.25. The van der Waals surface area contributed by atoms with E-state index in [4.69, 9.17) is 16.7 Å². The summed E-state index contributed by atoms with van der Waals surface area (Å²) in [5.74, 6) is 0. The minimum Gasteiger partial charge on any atom is -0.376 e. The normalized spacial score (nSPS) is 16.4. The zero-order chi connectivity index (χ0) is 11.0. The van der Waals surface area contributed by atoms with Gasteiger partial charge >= 0.3 is 6.18 Å². The van der Waals surface area contributed by atoms with E-state index in [9.17, 15) is 13.2 Å². The van der Waals surface area contributed by atoms with Gasteiger partial charge in [0, 0.05) is 18.0 Å². The maximum Gasteiger partial charge on any atom is 0.421 e. The predicted molar refractivity (Wildman–Crippen MR) is 42.7 cm³/mol. The number of aliphatic hydroxyl groups is 1. The molecule has 0 saturated carbocycles. The van der Waals surface area contributed by atoms with Gasteiger partial charge in [0.25, 0.3) is 0 Å². The van der Waals surface area contributed by atoms with Crippen LogP contribution in [0.25, 0.3) is 0 Å². The second-order valence-corrected chi connectivity index (χ2v) is 3.15. The second-order valence-electron chi connectivity index (χ2n) is 2.81. The fourth-order valence-corrected chi connectivity index (χ4v) is 0.825. The largest absolute Gasteiger partial charge is 0.421 e. The van der Waals surface area contributed by atoms with Crippen molar-refractivity contribution in [1.29, 1.82) is 0 Å². The molecule has 78 valence electrons. The first-order chi connectivity index (χ1) is 6.25. The number of halogens is 4. The Morgan fingerprint density at radius 1 is 1.29 bits per heavy atom. The molecule has 1 aromatic heterocycles. The Kier molecular flexibility index (Phi) is 2.69. The molecular formula is C7H6ClF3N2O. The summed E-state index contributed by atoms with van der Waals surface area (Å²) >= 11 is 5.29. The van der Waals surface area contributed by atoms with Gasteiger partial charge in [0.1, 0.15) is 0 Å². The molecule has 7 heteroatoms. The highest BCUT2D eigenvalue weighted by Crippen LogP contribution is 2.37. The van der Waals surface area contributed by atoms with Crippen LogP contribution in [0.2, 0.25) is 5.28 Å². The van der Waals surface area contributed by atoms with Gasteiger partial charge in [-0.3, -0.25) is 0 Å². The van der Waals surface area contributed by atoms with Crippen molar-refractivity contribution in [2.45, 2.75) is 18.7 Å². The molecule has 1 rings (SSSR count). The van der Waals surface area contributed by atoms with Gasteiger partial charge in [0.15, 0.2) is 5.60 Å². The van der Waals surface area contributed by atoms with Crippen LogP contribution in [0.15, 0.2) is 12.4 Å². The molecule has 0 amide bonds. The minimum absolute atomic E-state index is 0.174. The first-order valence-electron chi connectivity index (χ1n) is 3.52. The lowest BCUT2D eigenvalue weighted by atomic mass is 9.99.